The lowest BCUT2D eigenvalue weighted by atomic mass is 9.91. The van der Waals surface area contributed by atoms with Crippen LogP contribution < -0.4 is 15.4 Å². The molecule has 2 aliphatic carbocycles. The second-order valence-electron chi connectivity index (χ2n) is 10.3. The predicted octanol–water partition coefficient (Wildman–Crippen LogP) is 4.74. The molecule has 3 aromatic rings. The van der Waals surface area contributed by atoms with Gasteiger partial charge < -0.3 is 20.4 Å². The maximum atomic E-state index is 15.5. The highest BCUT2D eigenvalue weighted by Crippen LogP contribution is 2.39. The third kappa shape index (κ3) is 5.31. The van der Waals surface area contributed by atoms with E-state index >= 15 is 4.39 Å². The number of hydrogen-bond donors (Lipinski definition) is 3. The number of fused-ring (bicyclic) bond motifs is 1. The summed E-state index contributed by atoms with van der Waals surface area (Å²) in [7, 11) is 0. The number of carbonyl (C=O) groups is 2. The molecule has 0 atom stereocenters. The molecule has 0 spiro atoms. The number of rotatable bonds is 8. The van der Waals surface area contributed by atoms with Crippen LogP contribution in [0.2, 0.25) is 0 Å². The van der Waals surface area contributed by atoms with Crippen LogP contribution in [-0.4, -0.2) is 45.5 Å². The molecule has 0 radical (unpaired) electrons. The fourth-order valence-electron chi connectivity index (χ4n) is 5.05. The van der Waals surface area contributed by atoms with Gasteiger partial charge in [0.15, 0.2) is 0 Å². The number of halogens is 1. The molecule has 3 N–H and O–H groups in total. The summed E-state index contributed by atoms with van der Waals surface area (Å²) in [6.07, 6.45) is 7.33. The Morgan fingerprint density at radius 2 is 1.76 bits per heavy atom. The number of aromatic nitrogens is 3. The van der Waals surface area contributed by atoms with Crippen LogP contribution in [0.1, 0.15) is 73.5 Å². The van der Waals surface area contributed by atoms with Gasteiger partial charge in [-0.1, -0.05) is 13.0 Å². The van der Waals surface area contributed by atoms with E-state index in [-0.39, 0.29) is 29.5 Å². The Morgan fingerprint density at radius 3 is 2.43 bits per heavy atom. The van der Waals surface area contributed by atoms with Crippen molar-refractivity contribution in [2.75, 3.05) is 6.61 Å². The van der Waals surface area contributed by atoms with Crippen molar-refractivity contribution in [3.8, 4) is 17.0 Å². The van der Waals surface area contributed by atoms with Gasteiger partial charge >= 0.3 is 0 Å². The van der Waals surface area contributed by atoms with Crippen molar-refractivity contribution in [2.45, 2.75) is 77.8 Å². The summed E-state index contributed by atoms with van der Waals surface area (Å²) in [6.45, 7) is 5.92. The Hall–Kier alpha value is -3.49. The molecule has 9 heteroatoms. The van der Waals surface area contributed by atoms with E-state index in [1.165, 1.54) is 6.33 Å². The van der Waals surface area contributed by atoms with E-state index in [0.29, 0.717) is 58.2 Å². The molecule has 2 saturated carbocycles. The Kier molecular flexibility index (Phi) is 7.13. The van der Waals surface area contributed by atoms with Crippen LogP contribution in [0, 0.1) is 25.6 Å². The molecule has 2 amide bonds. The predicted molar refractivity (Wildman–Crippen MR) is 139 cm³/mol. The van der Waals surface area contributed by atoms with Crippen LogP contribution in [0.3, 0.4) is 0 Å². The maximum Gasteiger partial charge on any atom is 0.255 e. The lowest BCUT2D eigenvalue weighted by Gasteiger charge is -2.29. The van der Waals surface area contributed by atoms with Crippen molar-refractivity contribution in [3.05, 3.63) is 41.1 Å². The molecule has 2 heterocycles. The van der Waals surface area contributed by atoms with Gasteiger partial charge in [0.2, 0.25) is 5.91 Å². The molecule has 2 aromatic heterocycles. The van der Waals surface area contributed by atoms with Crippen molar-refractivity contribution >= 4 is 22.8 Å². The van der Waals surface area contributed by atoms with E-state index in [2.05, 4.69) is 25.6 Å². The van der Waals surface area contributed by atoms with Gasteiger partial charge in [0.25, 0.3) is 5.91 Å². The number of amides is 2. The van der Waals surface area contributed by atoms with E-state index in [4.69, 9.17) is 4.74 Å². The Morgan fingerprint density at radius 1 is 1.05 bits per heavy atom. The smallest absolute Gasteiger partial charge is 0.255 e. The third-order valence-corrected chi connectivity index (χ3v) is 7.45. The largest absolute Gasteiger partial charge is 0.492 e. The molecule has 0 saturated heterocycles. The molecule has 8 nitrogen and oxygen atoms in total. The van der Waals surface area contributed by atoms with Gasteiger partial charge in [0.05, 0.1) is 23.3 Å². The molecule has 196 valence electrons. The van der Waals surface area contributed by atoms with Crippen molar-refractivity contribution in [3.63, 3.8) is 0 Å². The van der Waals surface area contributed by atoms with Gasteiger partial charge in [0, 0.05) is 24.2 Å². The number of H-pyrrole nitrogens is 1. The lowest BCUT2D eigenvalue weighted by molar-refractivity contribution is -0.121. The van der Waals surface area contributed by atoms with Crippen LogP contribution in [0.5, 0.6) is 5.75 Å². The summed E-state index contributed by atoms with van der Waals surface area (Å²) in [5.41, 5.74) is 3.21. The number of aryl methyl sites for hydroxylation is 2. The molecule has 0 unspecified atom stereocenters. The molecule has 1 aromatic carbocycles. The Balaban J connectivity index is 1.40. The highest BCUT2D eigenvalue weighted by atomic mass is 19.1. The highest BCUT2D eigenvalue weighted by molar-refractivity contribution is 6.09. The maximum absolute atomic E-state index is 15.5. The van der Waals surface area contributed by atoms with Crippen molar-refractivity contribution in [1.29, 1.82) is 0 Å². The average Bonchev–Trinajstić information content (AvgIpc) is 3.65. The summed E-state index contributed by atoms with van der Waals surface area (Å²) in [5.74, 6) is 0.412. The number of ether oxygens (including phenoxy) is 1. The van der Waals surface area contributed by atoms with E-state index in [9.17, 15) is 9.59 Å². The SMILES string of the molecule is CCC(=O)N[C@H]1CC[C@@H](NC(=O)c2c(C)[nH]c3c(-c4c(OCC5CC5)ccc(C)c4F)ncnc23)CC1. The van der Waals surface area contributed by atoms with Gasteiger partial charge in [0.1, 0.15) is 29.1 Å². The Labute approximate surface area is 215 Å². The van der Waals surface area contributed by atoms with E-state index in [0.717, 1.165) is 38.5 Å². The van der Waals surface area contributed by atoms with Crippen LogP contribution in [0.15, 0.2) is 18.5 Å². The fourth-order valence-corrected chi connectivity index (χ4v) is 5.05. The molecule has 0 aliphatic heterocycles. The van der Waals surface area contributed by atoms with Crippen molar-refractivity contribution < 1.29 is 18.7 Å². The topological polar surface area (TPSA) is 109 Å². The first-order valence-electron chi connectivity index (χ1n) is 13.2. The van der Waals surface area contributed by atoms with Crippen molar-refractivity contribution in [1.82, 2.24) is 25.6 Å². The molecule has 0 bridgehead atoms. The van der Waals surface area contributed by atoms with E-state index < -0.39 is 5.82 Å². The zero-order valence-corrected chi connectivity index (χ0v) is 21.6. The first-order valence-corrected chi connectivity index (χ1v) is 13.2. The average molecular weight is 508 g/mol. The first-order chi connectivity index (χ1) is 17.9. The van der Waals surface area contributed by atoms with Gasteiger partial charge in [-0.2, -0.15) is 0 Å². The molecular formula is C28H34FN5O3. The van der Waals surface area contributed by atoms with Crippen LogP contribution in [0.25, 0.3) is 22.3 Å². The van der Waals surface area contributed by atoms with Gasteiger partial charge in [-0.15, -0.1) is 0 Å². The molecule has 37 heavy (non-hydrogen) atoms. The first kappa shape index (κ1) is 25.2. The summed E-state index contributed by atoms with van der Waals surface area (Å²) in [6, 6.07) is 3.67. The van der Waals surface area contributed by atoms with E-state index in [1.54, 1.807) is 19.1 Å². The zero-order valence-electron chi connectivity index (χ0n) is 21.6. The quantitative estimate of drug-likeness (QED) is 0.408. The number of hydrogen-bond acceptors (Lipinski definition) is 5. The van der Waals surface area contributed by atoms with Gasteiger partial charge in [-0.3, -0.25) is 9.59 Å². The summed E-state index contributed by atoms with van der Waals surface area (Å²) >= 11 is 0. The number of carbonyl (C=O) groups excluding carboxylic acids is 2. The molecule has 2 aliphatic rings. The number of aromatic amines is 1. The number of nitrogens with zero attached hydrogens (tertiary/aromatic N) is 2. The second kappa shape index (κ2) is 10.5. The molecular weight excluding hydrogens is 473 g/mol. The van der Waals surface area contributed by atoms with Crippen LogP contribution in [-0.2, 0) is 4.79 Å². The monoisotopic (exact) mass is 507 g/mol. The molecule has 2 fully saturated rings. The van der Waals surface area contributed by atoms with Crippen molar-refractivity contribution in [2.24, 2.45) is 5.92 Å². The summed E-state index contributed by atoms with van der Waals surface area (Å²) in [4.78, 5) is 37.1. The third-order valence-electron chi connectivity index (χ3n) is 7.45. The minimum absolute atomic E-state index is 0.0181. The highest BCUT2D eigenvalue weighted by Gasteiger charge is 2.28. The van der Waals surface area contributed by atoms with Crippen LogP contribution in [0.4, 0.5) is 4.39 Å². The van der Waals surface area contributed by atoms with E-state index in [1.807, 2.05) is 13.8 Å². The minimum Gasteiger partial charge on any atom is -0.492 e. The zero-order chi connectivity index (χ0) is 26.1. The van der Waals surface area contributed by atoms with Crippen LogP contribution >= 0.6 is 0 Å². The lowest BCUT2D eigenvalue weighted by Crippen LogP contribution is -2.43. The summed E-state index contributed by atoms with van der Waals surface area (Å²) in [5, 5.41) is 6.18. The van der Waals surface area contributed by atoms with Gasteiger partial charge in [-0.05, 0) is 69.9 Å². The standard InChI is InChI=1S/C28H34FN5O3/c1-4-21(35)33-18-8-10-19(11-9-18)34-28(36)22-16(3)32-27-25(22)30-14-31-26(27)23-20(37-13-17-6-7-17)12-5-15(2)24(23)29/h5,12,14,17-19,32H,4,6-11,13H2,1-3H3,(H,33,35)(H,34,36)/t18-,19+. The second-order valence-corrected chi connectivity index (χ2v) is 10.3. The van der Waals surface area contributed by atoms with Gasteiger partial charge in [-0.25, -0.2) is 14.4 Å². The fraction of sp³-hybridized carbons (Fsp3) is 0.500. The summed E-state index contributed by atoms with van der Waals surface area (Å²) < 4.78 is 21.5. The Bertz CT molecular complexity index is 1330. The molecule has 5 rings (SSSR count). The number of benzene rings is 1. The normalized spacial score (nSPS) is 19.6. The minimum atomic E-state index is -0.390. The number of nitrogens with one attached hydrogen (secondary N) is 3.